The molecule has 14 heavy (non-hydrogen) atoms. The Morgan fingerprint density at radius 2 is 2.07 bits per heavy atom. The van der Waals surface area contributed by atoms with Gasteiger partial charge in [0.1, 0.15) is 11.9 Å². The van der Waals surface area contributed by atoms with Crippen LogP contribution in [0.25, 0.3) is 0 Å². The second-order valence-corrected chi connectivity index (χ2v) is 4.28. The monoisotopic (exact) mass is 191 g/mol. The zero-order valence-corrected chi connectivity index (χ0v) is 8.73. The highest BCUT2D eigenvalue weighted by molar-refractivity contribution is 5.37. The summed E-state index contributed by atoms with van der Waals surface area (Å²) in [6.45, 7) is 4.34. The third kappa shape index (κ3) is 1.62. The Balaban J connectivity index is 2.29. The molecule has 76 valence electrons. The summed E-state index contributed by atoms with van der Waals surface area (Å²) >= 11 is 0. The Labute approximate surface area is 85.1 Å². The SMILES string of the molecule is CC(C)[C@@H]1C[C@H](N)c2ccccc2O1. The molecule has 2 N–H and O–H groups in total. The lowest BCUT2D eigenvalue weighted by molar-refractivity contribution is 0.115. The molecule has 0 saturated carbocycles. The molecule has 1 aliphatic heterocycles. The number of nitrogens with two attached hydrogens (primary N) is 1. The average Bonchev–Trinajstić information content (AvgIpc) is 2.17. The van der Waals surface area contributed by atoms with Gasteiger partial charge in [0.25, 0.3) is 0 Å². The van der Waals surface area contributed by atoms with Crippen LogP contribution < -0.4 is 10.5 Å². The van der Waals surface area contributed by atoms with Crippen LogP contribution in [0.5, 0.6) is 5.75 Å². The van der Waals surface area contributed by atoms with Gasteiger partial charge in [0.05, 0.1) is 0 Å². The van der Waals surface area contributed by atoms with Crippen molar-refractivity contribution in [2.24, 2.45) is 11.7 Å². The molecule has 0 saturated heterocycles. The smallest absolute Gasteiger partial charge is 0.124 e. The third-order valence-electron chi connectivity index (χ3n) is 2.83. The first kappa shape index (κ1) is 9.53. The van der Waals surface area contributed by atoms with E-state index < -0.39 is 0 Å². The maximum Gasteiger partial charge on any atom is 0.124 e. The van der Waals surface area contributed by atoms with Crippen molar-refractivity contribution in [2.45, 2.75) is 32.4 Å². The Hall–Kier alpha value is -1.02. The van der Waals surface area contributed by atoms with Crippen LogP contribution in [0.15, 0.2) is 24.3 Å². The van der Waals surface area contributed by atoms with Crippen LogP contribution >= 0.6 is 0 Å². The lowest BCUT2D eigenvalue weighted by Gasteiger charge is -2.32. The predicted octanol–water partition coefficient (Wildman–Crippen LogP) is 2.49. The van der Waals surface area contributed by atoms with E-state index in [0.717, 1.165) is 17.7 Å². The number of hydrogen-bond acceptors (Lipinski definition) is 2. The number of hydrogen-bond donors (Lipinski definition) is 1. The first-order valence-corrected chi connectivity index (χ1v) is 5.19. The second-order valence-electron chi connectivity index (χ2n) is 4.28. The van der Waals surface area contributed by atoms with Crippen molar-refractivity contribution in [1.82, 2.24) is 0 Å². The Kier molecular flexibility index (Phi) is 2.46. The zero-order chi connectivity index (χ0) is 10.1. The van der Waals surface area contributed by atoms with Crippen molar-refractivity contribution in [3.8, 4) is 5.75 Å². The fourth-order valence-corrected chi connectivity index (χ4v) is 1.89. The van der Waals surface area contributed by atoms with E-state index in [-0.39, 0.29) is 12.1 Å². The number of rotatable bonds is 1. The minimum Gasteiger partial charge on any atom is -0.490 e. The minimum absolute atomic E-state index is 0.132. The van der Waals surface area contributed by atoms with Gasteiger partial charge in [0, 0.05) is 18.0 Å². The Morgan fingerprint density at radius 1 is 1.36 bits per heavy atom. The summed E-state index contributed by atoms with van der Waals surface area (Å²) < 4.78 is 5.88. The molecule has 0 aliphatic carbocycles. The van der Waals surface area contributed by atoms with Crippen molar-refractivity contribution >= 4 is 0 Å². The zero-order valence-electron chi connectivity index (χ0n) is 8.73. The van der Waals surface area contributed by atoms with Gasteiger partial charge in [-0.2, -0.15) is 0 Å². The fraction of sp³-hybridized carbons (Fsp3) is 0.500. The maximum atomic E-state index is 6.09. The van der Waals surface area contributed by atoms with Crippen molar-refractivity contribution in [3.05, 3.63) is 29.8 Å². The van der Waals surface area contributed by atoms with E-state index in [0.29, 0.717) is 5.92 Å². The van der Waals surface area contributed by atoms with E-state index in [1.165, 1.54) is 0 Å². The maximum absolute atomic E-state index is 6.09. The van der Waals surface area contributed by atoms with Gasteiger partial charge in [-0.1, -0.05) is 32.0 Å². The highest BCUT2D eigenvalue weighted by atomic mass is 16.5. The number of fused-ring (bicyclic) bond motifs is 1. The summed E-state index contributed by atoms with van der Waals surface area (Å²) in [6.07, 6.45) is 1.19. The van der Waals surface area contributed by atoms with E-state index in [9.17, 15) is 0 Å². The van der Waals surface area contributed by atoms with Gasteiger partial charge in [0.15, 0.2) is 0 Å². The number of para-hydroxylation sites is 1. The first-order valence-electron chi connectivity index (χ1n) is 5.19. The van der Waals surface area contributed by atoms with E-state index in [1.807, 2.05) is 18.2 Å². The summed E-state index contributed by atoms with van der Waals surface area (Å²) in [5.74, 6) is 1.49. The van der Waals surface area contributed by atoms with E-state index in [2.05, 4.69) is 19.9 Å². The Morgan fingerprint density at radius 3 is 2.79 bits per heavy atom. The molecule has 0 unspecified atom stereocenters. The average molecular weight is 191 g/mol. The van der Waals surface area contributed by atoms with Crippen molar-refractivity contribution < 1.29 is 4.74 Å². The van der Waals surface area contributed by atoms with Crippen LogP contribution in [-0.2, 0) is 0 Å². The van der Waals surface area contributed by atoms with E-state index in [1.54, 1.807) is 0 Å². The molecule has 0 radical (unpaired) electrons. The van der Waals surface area contributed by atoms with Crippen molar-refractivity contribution in [2.75, 3.05) is 0 Å². The molecule has 1 aromatic carbocycles. The molecular weight excluding hydrogens is 174 g/mol. The van der Waals surface area contributed by atoms with Crippen LogP contribution in [0.2, 0.25) is 0 Å². The van der Waals surface area contributed by atoms with Crippen LogP contribution in [-0.4, -0.2) is 6.10 Å². The van der Waals surface area contributed by atoms with Crippen LogP contribution in [0, 0.1) is 5.92 Å². The molecular formula is C12H17NO. The predicted molar refractivity (Wildman–Crippen MR) is 57.2 cm³/mol. The van der Waals surface area contributed by atoms with Gasteiger partial charge in [-0.15, -0.1) is 0 Å². The quantitative estimate of drug-likeness (QED) is 0.740. The van der Waals surface area contributed by atoms with Crippen LogP contribution in [0.3, 0.4) is 0 Å². The second kappa shape index (κ2) is 3.62. The lowest BCUT2D eigenvalue weighted by Crippen LogP contribution is -2.33. The summed E-state index contributed by atoms with van der Waals surface area (Å²) in [5.41, 5.74) is 7.24. The summed E-state index contributed by atoms with van der Waals surface area (Å²) in [5, 5.41) is 0. The Bertz CT molecular complexity index is 322. The highest BCUT2D eigenvalue weighted by Gasteiger charge is 2.27. The molecule has 1 aromatic rings. The van der Waals surface area contributed by atoms with E-state index in [4.69, 9.17) is 10.5 Å². The molecule has 0 spiro atoms. The van der Waals surface area contributed by atoms with Crippen LogP contribution in [0.1, 0.15) is 31.9 Å². The van der Waals surface area contributed by atoms with Gasteiger partial charge in [-0.25, -0.2) is 0 Å². The lowest BCUT2D eigenvalue weighted by atomic mass is 9.92. The molecule has 0 aromatic heterocycles. The molecule has 0 bridgehead atoms. The van der Waals surface area contributed by atoms with Crippen molar-refractivity contribution in [3.63, 3.8) is 0 Å². The number of benzene rings is 1. The first-order chi connectivity index (χ1) is 6.68. The molecule has 2 nitrogen and oxygen atoms in total. The molecule has 1 heterocycles. The van der Waals surface area contributed by atoms with Gasteiger partial charge in [-0.05, 0) is 12.0 Å². The number of ether oxygens (including phenoxy) is 1. The molecule has 2 rings (SSSR count). The molecule has 0 fully saturated rings. The van der Waals surface area contributed by atoms with Gasteiger partial charge in [-0.3, -0.25) is 0 Å². The van der Waals surface area contributed by atoms with Gasteiger partial charge < -0.3 is 10.5 Å². The molecule has 0 amide bonds. The van der Waals surface area contributed by atoms with Gasteiger partial charge in [0.2, 0.25) is 0 Å². The van der Waals surface area contributed by atoms with Gasteiger partial charge >= 0.3 is 0 Å². The minimum atomic E-state index is 0.132. The summed E-state index contributed by atoms with van der Waals surface area (Å²) in [7, 11) is 0. The third-order valence-corrected chi connectivity index (χ3v) is 2.83. The standard InChI is InChI=1S/C12H17NO/c1-8(2)12-7-10(13)9-5-3-4-6-11(9)14-12/h3-6,8,10,12H,7,13H2,1-2H3/t10-,12-/m0/s1. The summed E-state index contributed by atoms with van der Waals surface area (Å²) in [4.78, 5) is 0. The molecule has 1 aliphatic rings. The van der Waals surface area contributed by atoms with Crippen LogP contribution in [0.4, 0.5) is 0 Å². The molecule has 2 heteroatoms. The van der Waals surface area contributed by atoms with E-state index >= 15 is 0 Å². The normalized spacial score (nSPS) is 25.7. The molecule has 2 atom stereocenters. The largest absolute Gasteiger partial charge is 0.490 e. The fourth-order valence-electron chi connectivity index (χ4n) is 1.89. The highest BCUT2D eigenvalue weighted by Crippen LogP contribution is 2.34. The summed E-state index contributed by atoms with van der Waals surface area (Å²) in [6, 6.07) is 8.19. The van der Waals surface area contributed by atoms with Crippen molar-refractivity contribution in [1.29, 1.82) is 0 Å². The topological polar surface area (TPSA) is 35.2 Å².